The summed E-state index contributed by atoms with van der Waals surface area (Å²) >= 11 is 0. The van der Waals surface area contributed by atoms with Crippen molar-refractivity contribution in [2.45, 2.75) is 59.7 Å². The van der Waals surface area contributed by atoms with E-state index in [1.54, 1.807) is 7.11 Å². The number of aromatic nitrogens is 2. The molecule has 2 aliphatic rings. The summed E-state index contributed by atoms with van der Waals surface area (Å²) in [4.78, 5) is 25.7. The number of aryl methyl sites for hydroxylation is 2. The van der Waals surface area contributed by atoms with Gasteiger partial charge in [-0.05, 0) is 116 Å². The third-order valence-electron chi connectivity index (χ3n) is 11.1. The Kier molecular flexibility index (Phi) is 10.6. The number of aliphatic hydroxyl groups excluding tert-OH is 1. The molecule has 274 valence electrons. The number of hydrogen-bond acceptors (Lipinski definition) is 8. The first kappa shape index (κ1) is 36.3. The molecule has 2 atom stereocenters. The van der Waals surface area contributed by atoms with Crippen molar-refractivity contribution in [3.8, 4) is 16.9 Å². The van der Waals surface area contributed by atoms with Gasteiger partial charge in [0.25, 0.3) is 0 Å². The maximum Gasteiger partial charge on any atom is 0.307 e. The monoisotopic (exact) mass is 711 g/mol. The van der Waals surface area contributed by atoms with Gasteiger partial charge in [0.2, 0.25) is 0 Å². The van der Waals surface area contributed by atoms with Crippen molar-refractivity contribution in [1.29, 1.82) is 0 Å². The Bertz CT molecular complexity index is 2200. The lowest BCUT2D eigenvalue weighted by molar-refractivity contribution is -0.141. The zero-order valence-electron chi connectivity index (χ0n) is 31.3. The number of likely N-dealkylation sites (tertiary alicyclic amines) is 2. The van der Waals surface area contributed by atoms with Crippen LogP contribution in [0, 0.1) is 33.6 Å². The molecule has 0 unspecified atom stereocenters. The van der Waals surface area contributed by atoms with E-state index in [0.29, 0.717) is 26.1 Å². The molecule has 0 aliphatic carbocycles. The highest BCUT2D eigenvalue weighted by Crippen LogP contribution is 2.35. The summed E-state index contributed by atoms with van der Waals surface area (Å²) in [5, 5.41) is 24.1. The van der Waals surface area contributed by atoms with Crippen LogP contribution in [-0.4, -0.2) is 75.3 Å². The number of carboxylic acid groups (broad SMARTS) is 1. The molecule has 7 rings (SSSR count). The molecular formula is C44H49N5O4. The summed E-state index contributed by atoms with van der Waals surface area (Å²) in [5.74, 6) is 0.523. The molecule has 3 N–H and O–H groups in total. The minimum absolute atomic E-state index is 0.243. The van der Waals surface area contributed by atoms with Crippen molar-refractivity contribution < 1.29 is 19.7 Å². The molecule has 2 fully saturated rings. The Labute approximate surface area is 312 Å². The van der Waals surface area contributed by atoms with Gasteiger partial charge in [0, 0.05) is 61.3 Å². The number of aliphatic hydroxyl groups is 1. The first-order valence-electron chi connectivity index (χ1n) is 18.5. The highest BCUT2D eigenvalue weighted by molar-refractivity contribution is 5.91. The molecule has 4 heterocycles. The van der Waals surface area contributed by atoms with E-state index >= 15 is 0 Å². The van der Waals surface area contributed by atoms with Crippen LogP contribution in [0.4, 0.5) is 11.5 Å². The van der Waals surface area contributed by atoms with E-state index in [0.717, 1.165) is 93.3 Å². The second-order valence-corrected chi connectivity index (χ2v) is 14.7. The number of methoxy groups -OCH3 is 1. The van der Waals surface area contributed by atoms with Crippen LogP contribution in [0.1, 0.15) is 57.5 Å². The van der Waals surface area contributed by atoms with E-state index in [1.807, 2.05) is 12.3 Å². The molecule has 5 aromatic rings. The first-order chi connectivity index (χ1) is 25.6. The minimum atomic E-state index is -0.716. The zero-order chi connectivity index (χ0) is 37.2. The summed E-state index contributed by atoms with van der Waals surface area (Å²) in [6.07, 6.45) is 7.41. The topological polar surface area (TPSA) is 111 Å². The van der Waals surface area contributed by atoms with Crippen molar-refractivity contribution in [2.75, 3.05) is 38.6 Å². The smallest absolute Gasteiger partial charge is 0.307 e. The van der Waals surface area contributed by atoms with Gasteiger partial charge in [-0.2, -0.15) is 0 Å². The normalized spacial score (nSPS) is 18.0. The Hall–Kier alpha value is -5.09. The second kappa shape index (κ2) is 15.5. The Morgan fingerprint density at radius 3 is 2.34 bits per heavy atom. The number of carboxylic acids is 1. The quantitative estimate of drug-likeness (QED) is 0.118. The molecule has 2 saturated heterocycles. The van der Waals surface area contributed by atoms with E-state index in [1.165, 1.54) is 16.7 Å². The number of rotatable bonds is 11. The number of carbonyl (C=O) groups is 1. The fraction of sp³-hybridized carbons (Fsp3) is 0.341. The molecule has 9 nitrogen and oxygen atoms in total. The van der Waals surface area contributed by atoms with Crippen LogP contribution >= 0.6 is 0 Å². The molecule has 53 heavy (non-hydrogen) atoms. The van der Waals surface area contributed by atoms with E-state index in [-0.39, 0.29) is 12.0 Å². The SMILES string of the molecule is COc1cc(/C=C/c2cccc(-c3cccc(Nc4nccc5cc(CN6CC[C@@H](O)C6)c(C)nc45)c3C)c2C)c(C)cc1CN1CC[C@@H](C(=O)O)C1. The van der Waals surface area contributed by atoms with Gasteiger partial charge in [0.15, 0.2) is 5.82 Å². The van der Waals surface area contributed by atoms with Gasteiger partial charge in [-0.15, -0.1) is 0 Å². The molecule has 9 heteroatoms. The van der Waals surface area contributed by atoms with Gasteiger partial charge >= 0.3 is 5.97 Å². The number of nitrogens with one attached hydrogen (secondary N) is 1. The van der Waals surface area contributed by atoms with Gasteiger partial charge in [0.1, 0.15) is 11.3 Å². The molecular weight excluding hydrogens is 663 g/mol. The van der Waals surface area contributed by atoms with Crippen LogP contribution in [0.3, 0.4) is 0 Å². The third kappa shape index (κ3) is 7.83. The number of anilines is 2. The summed E-state index contributed by atoms with van der Waals surface area (Å²) in [6.45, 7) is 12.9. The number of nitrogens with zero attached hydrogens (tertiary/aromatic N) is 4. The van der Waals surface area contributed by atoms with E-state index in [9.17, 15) is 15.0 Å². The van der Waals surface area contributed by atoms with Gasteiger partial charge in [-0.25, -0.2) is 9.97 Å². The fourth-order valence-electron chi connectivity index (χ4n) is 7.85. The Morgan fingerprint density at radius 2 is 1.60 bits per heavy atom. The predicted molar refractivity (Wildman–Crippen MR) is 212 cm³/mol. The molecule has 0 saturated carbocycles. The van der Waals surface area contributed by atoms with Crippen LogP contribution in [0.2, 0.25) is 0 Å². The second-order valence-electron chi connectivity index (χ2n) is 14.7. The van der Waals surface area contributed by atoms with Gasteiger partial charge < -0.3 is 20.3 Å². The summed E-state index contributed by atoms with van der Waals surface area (Å²) in [6, 6.07) is 21.2. The van der Waals surface area contributed by atoms with Crippen molar-refractivity contribution >= 4 is 40.5 Å². The first-order valence-corrected chi connectivity index (χ1v) is 18.5. The van der Waals surface area contributed by atoms with Crippen LogP contribution in [0.15, 0.2) is 66.9 Å². The molecule has 2 aromatic heterocycles. The lowest BCUT2D eigenvalue weighted by atomic mass is 9.92. The number of benzene rings is 3. The molecule has 0 spiro atoms. The third-order valence-corrected chi connectivity index (χ3v) is 11.1. The number of fused-ring (bicyclic) bond motifs is 1. The number of β-amino-alcohol motifs (C(OH)–C–C–N with tert-alkyl or cyclic N) is 1. The van der Waals surface area contributed by atoms with E-state index in [4.69, 9.17) is 14.7 Å². The van der Waals surface area contributed by atoms with Crippen molar-refractivity contribution in [1.82, 2.24) is 19.8 Å². The minimum Gasteiger partial charge on any atom is -0.496 e. The highest BCUT2D eigenvalue weighted by atomic mass is 16.5. The number of pyridine rings is 2. The molecule has 2 aliphatic heterocycles. The lowest BCUT2D eigenvalue weighted by Crippen LogP contribution is -2.23. The van der Waals surface area contributed by atoms with Crippen LogP contribution in [-0.2, 0) is 17.9 Å². The standard InChI is InChI=1S/C44H49N5O4/c1-27-20-36(25-48-18-15-34(23-48)44(51)52)41(53-5)22-32(27)13-12-31-8-6-9-38(28(31)2)39-10-7-11-40(29(39)3)47-43-42-33(14-17-45-43)21-35(30(4)46-42)24-49-19-16-37(50)26-49/h6-14,17,20-22,34,37,50H,15-16,18-19,23-26H2,1-5H3,(H,45,47)(H,51,52)/b13-12+/t34-,37-/m1/s1. The zero-order valence-corrected chi connectivity index (χ0v) is 31.3. The van der Waals surface area contributed by atoms with Gasteiger partial charge in [-0.3, -0.25) is 14.6 Å². The lowest BCUT2D eigenvalue weighted by Gasteiger charge is -2.19. The average molecular weight is 712 g/mol. The van der Waals surface area contributed by atoms with E-state index in [2.05, 4.69) is 110 Å². The Morgan fingerprint density at radius 1 is 0.887 bits per heavy atom. The highest BCUT2D eigenvalue weighted by Gasteiger charge is 2.28. The number of aliphatic carboxylic acids is 1. The van der Waals surface area contributed by atoms with E-state index < -0.39 is 5.97 Å². The number of hydrogen-bond donors (Lipinski definition) is 3. The average Bonchev–Trinajstić information content (AvgIpc) is 3.79. The maximum absolute atomic E-state index is 11.5. The summed E-state index contributed by atoms with van der Waals surface area (Å²) < 4.78 is 5.81. The maximum atomic E-state index is 11.5. The van der Waals surface area contributed by atoms with Crippen LogP contribution in [0.25, 0.3) is 34.2 Å². The van der Waals surface area contributed by atoms with Gasteiger partial charge in [0.05, 0.1) is 19.1 Å². The van der Waals surface area contributed by atoms with Crippen molar-refractivity contribution in [3.63, 3.8) is 0 Å². The number of ether oxygens (including phenoxy) is 1. The van der Waals surface area contributed by atoms with Crippen molar-refractivity contribution in [3.05, 3.63) is 111 Å². The molecule has 0 bridgehead atoms. The van der Waals surface area contributed by atoms with Gasteiger partial charge in [-0.1, -0.05) is 48.6 Å². The largest absolute Gasteiger partial charge is 0.496 e. The fourth-order valence-corrected chi connectivity index (χ4v) is 7.85. The molecule has 3 aromatic carbocycles. The summed E-state index contributed by atoms with van der Waals surface area (Å²) in [7, 11) is 1.69. The Balaban J connectivity index is 1.11. The molecule has 0 radical (unpaired) electrons. The predicted octanol–water partition coefficient (Wildman–Crippen LogP) is 7.93. The van der Waals surface area contributed by atoms with Crippen molar-refractivity contribution in [2.24, 2.45) is 5.92 Å². The molecule has 0 amide bonds. The van der Waals surface area contributed by atoms with Crippen LogP contribution in [0.5, 0.6) is 5.75 Å². The van der Waals surface area contributed by atoms with Crippen LogP contribution < -0.4 is 10.1 Å². The summed E-state index contributed by atoms with van der Waals surface area (Å²) in [5.41, 5.74) is 13.0.